The molecule has 3 rings (SSSR count). The van der Waals surface area contributed by atoms with Gasteiger partial charge in [0.1, 0.15) is 0 Å². The third kappa shape index (κ3) is 4.31. The average Bonchev–Trinajstić information content (AvgIpc) is 3.08. The van der Waals surface area contributed by atoms with E-state index in [0.717, 1.165) is 30.4 Å². The molecule has 5 nitrogen and oxygen atoms in total. The zero-order valence-corrected chi connectivity index (χ0v) is 18.6. The average molecular weight is 465 g/mol. The van der Waals surface area contributed by atoms with Crippen molar-refractivity contribution in [2.75, 3.05) is 18.0 Å². The number of sulfonamides is 1. The first-order valence-corrected chi connectivity index (χ1v) is 11.7. The first-order valence-electron chi connectivity index (χ1n) is 9.49. The maximum Gasteiger partial charge on any atom is 0.244 e. The van der Waals surface area contributed by atoms with Crippen molar-refractivity contribution in [2.45, 2.75) is 44.6 Å². The van der Waals surface area contributed by atoms with Gasteiger partial charge in [-0.2, -0.15) is 4.31 Å². The lowest BCUT2D eigenvalue weighted by atomic mass is 10.2. The Balaban J connectivity index is 2.01. The molecule has 28 heavy (non-hydrogen) atoms. The van der Waals surface area contributed by atoms with E-state index in [1.807, 2.05) is 43.3 Å². The highest BCUT2D eigenvalue weighted by Crippen LogP contribution is 2.37. The second-order valence-electron chi connectivity index (χ2n) is 7.01. The van der Waals surface area contributed by atoms with E-state index in [9.17, 15) is 13.2 Å². The van der Waals surface area contributed by atoms with Crippen molar-refractivity contribution in [3.8, 4) is 0 Å². The van der Waals surface area contributed by atoms with Crippen molar-refractivity contribution in [2.24, 2.45) is 0 Å². The summed E-state index contributed by atoms with van der Waals surface area (Å²) in [6, 6.07) is 13.1. The summed E-state index contributed by atoms with van der Waals surface area (Å²) in [5.41, 5.74) is 2.64. The molecule has 0 atom stereocenters. The number of unbranched alkanes of at least 4 members (excludes halogenated alkanes) is 1. The molecule has 2 aromatic carbocycles. The van der Waals surface area contributed by atoms with Gasteiger partial charge in [-0.15, -0.1) is 0 Å². The summed E-state index contributed by atoms with van der Waals surface area (Å²) in [6.07, 6.45) is 2.43. The van der Waals surface area contributed by atoms with Crippen LogP contribution in [0.25, 0.3) is 0 Å². The van der Waals surface area contributed by atoms with Gasteiger partial charge in [0, 0.05) is 36.7 Å². The van der Waals surface area contributed by atoms with Crippen LogP contribution in [0.5, 0.6) is 0 Å². The predicted octanol–water partition coefficient (Wildman–Crippen LogP) is 4.35. The normalized spacial score (nSPS) is 13.8. The lowest BCUT2D eigenvalue weighted by molar-refractivity contribution is -0.116. The Labute approximate surface area is 175 Å². The third-order valence-electron chi connectivity index (χ3n) is 4.99. The molecule has 1 aliphatic heterocycles. The number of anilines is 1. The quantitative estimate of drug-likeness (QED) is 0.611. The number of carbonyl (C=O) groups excluding carboxylic acids is 1. The van der Waals surface area contributed by atoms with Gasteiger partial charge >= 0.3 is 0 Å². The summed E-state index contributed by atoms with van der Waals surface area (Å²) in [4.78, 5) is 13.8. The Bertz CT molecular complexity index is 961. The van der Waals surface area contributed by atoms with Crippen LogP contribution in [0.3, 0.4) is 0 Å². The van der Waals surface area contributed by atoms with Crippen LogP contribution in [0, 0.1) is 0 Å². The highest BCUT2D eigenvalue weighted by atomic mass is 79.9. The molecular weight excluding hydrogens is 440 g/mol. The van der Waals surface area contributed by atoms with Crippen LogP contribution in [0.4, 0.5) is 5.69 Å². The van der Waals surface area contributed by atoms with E-state index < -0.39 is 10.0 Å². The second kappa shape index (κ2) is 8.76. The van der Waals surface area contributed by atoms with Crippen molar-refractivity contribution < 1.29 is 13.2 Å². The van der Waals surface area contributed by atoms with Gasteiger partial charge in [-0.05, 0) is 52.0 Å². The Kier molecular flexibility index (Phi) is 6.58. The largest absolute Gasteiger partial charge is 0.312 e. The monoisotopic (exact) mass is 464 g/mol. The molecule has 1 amide bonds. The van der Waals surface area contributed by atoms with Gasteiger partial charge in [-0.1, -0.05) is 43.7 Å². The molecule has 0 saturated carbocycles. The Morgan fingerprint density at radius 3 is 2.57 bits per heavy atom. The minimum atomic E-state index is -3.72. The number of carbonyl (C=O) groups is 1. The first kappa shape index (κ1) is 21.0. The van der Waals surface area contributed by atoms with Crippen LogP contribution in [0.15, 0.2) is 51.8 Å². The molecule has 2 aromatic rings. The third-order valence-corrected chi connectivity index (χ3v) is 7.79. The van der Waals surface area contributed by atoms with Crippen molar-refractivity contribution in [1.82, 2.24) is 4.31 Å². The van der Waals surface area contributed by atoms with Crippen molar-refractivity contribution in [3.05, 3.63) is 58.1 Å². The van der Waals surface area contributed by atoms with Crippen LogP contribution in [0.2, 0.25) is 0 Å². The maximum absolute atomic E-state index is 13.5. The SMILES string of the molecule is CCCCN(Cc1ccccc1)S(=O)(=O)c1cc2c(cc1Br)CCN2C(C)=O. The van der Waals surface area contributed by atoms with Crippen LogP contribution in [-0.2, 0) is 27.8 Å². The van der Waals surface area contributed by atoms with Crippen LogP contribution < -0.4 is 4.90 Å². The Morgan fingerprint density at radius 2 is 1.93 bits per heavy atom. The molecule has 0 saturated heterocycles. The van der Waals surface area contributed by atoms with E-state index in [2.05, 4.69) is 15.9 Å². The minimum absolute atomic E-state index is 0.0726. The number of amides is 1. The lowest BCUT2D eigenvalue weighted by Crippen LogP contribution is -2.32. The Morgan fingerprint density at radius 1 is 1.21 bits per heavy atom. The second-order valence-corrected chi connectivity index (χ2v) is 9.77. The van der Waals surface area contributed by atoms with E-state index in [0.29, 0.717) is 29.8 Å². The summed E-state index contributed by atoms with van der Waals surface area (Å²) in [6.45, 7) is 4.92. The number of fused-ring (bicyclic) bond motifs is 1. The molecule has 0 aliphatic carbocycles. The zero-order chi connectivity index (χ0) is 20.3. The Hall–Kier alpha value is -1.70. The van der Waals surface area contributed by atoms with Gasteiger partial charge < -0.3 is 4.90 Å². The molecule has 0 aromatic heterocycles. The van der Waals surface area contributed by atoms with E-state index in [4.69, 9.17) is 0 Å². The van der Waals surface area contributed by atoms with E-state index in [1.54, 1.807) is 11.0 Å². The zero-order valence-electron chi connectivity index (χ0n) is 16.2. The first-order chi connectivity index (χ1) is 13.3. The summed E-state index contributed by atoms with van der Waals surface area (Å²) < 4.78 is 29.1. The summed E-state index contributed by atoms with van der Waals surface area (Å²) in [7, 11) is -3.72. The van der Waals surface area contributed by atoms with Crippen molar-refractivity contribution in [3.63, 3.8) is 0 Å². The summed E-state index contributed by atoms with van der Waals surface area (Å²) >= 11 is 3.46. The highest BCUT2D eigenvalue weighted by Gasteiger charge is 2.31. The number of halogens is 1. The van der Waals surface area contributed by atoms with Crippen LogP contribution >= 0.6 is 15.9 Å². The van der Waals surface area contributed by atoms with E-state index in [1.165, 1.54) is 11.2 Å². The predicted molar refractivity (Wildman–Crippen MR) is 115 cm³/mol. The minimum Gasteiger partial charge on any atom is -0.312 e. The fourth-order valence-corrected chi connectivity index (χ4v) is 5.99. The summed E-state index contributed by atoms with van der Waals surface area (Å²) in [5, 5.41) is 0. The van der Waals surface area contributed by atoms with Gasteiger partial charge in [0.2, 0.25) is 15.9 Å². The number of benzene rings is 2. The molecule has 1 aliphatic rings. The van der Waals surface area contributed by atoms with Gasteiger partial charge in [0.15, 0.2) is 0 Å². The standard InChI is InChI=1S/C21H25BrN2O3S/c1-3-4-11-23(15-17-8-6-5-7-9-17)28(26,27)21-14-20-18(13-19(21)22)10-12-24(20)16(2)25/h5-9,13-14H,3-4,10-12,15H2,1-2H3. The van der Waals surface area contributed by atoms with Crippen molar-refractivity contribution in [1.29, 1.82) is 0 Å². The van der Waals surface area contributed by atoms with Crippen LogP contribution in [0.1, 0.15) is 37.8 Å². The number of rotatable bonds is 7. The van der Waals surface area contributed by atoms with Gasteiger partial charge in [-0.25, -0.2) is 8.42 Å². The molecule has 0 fully saturated rings. The molecule has 150 valence electrons. The molecule has 0 bridgehead atoms. The van der Waals surface area contributed by atoms with E-state index >= 15 is 0 Å². The lowest BCUT2D eigenvalue weighted by Gasteiger charge is -2.24. The topological polar surface area (TPSA) is 57.7 Å². The van der Waals surface area contributed by atoms with Gasteiger partial charge in [0.05, 0.1) is 4.90 Å². The number of hydrogen-bond donors (Lipinski definition) is 0. The van der Waals surface area contributed by atoms with Gasteiger partial charge in [-0.3, -0.25) is 4.79 Å². The summed E-state index contributed by atoms with van der Waals surface area (Å²) in [5.74, 6) is -0.0726. The molecule has 0 radical (unpaired) electrons. The fraction of sp³-hybridized carbons (Fsp3) is 0.381. The highest BCUT2D eigenvalue weighted by molar-refractivity contribution is 9.10. The smallest absolute Gasteiger partial charge is 0.244 e. The molecule has 7 heteroatoms. The van der Waals surface area contributed by atoms with Gasteiger partial charge in [0.25, 0.3) is 0 Å². The fourth-order valence-electron chi connectivity index (χ4n) is 3.46. The van der Waals surface area contributed by atoms with Crippen LogP contribution in [-0.4, -0.2) is 31.7 Å². The molecular formula is C21H25BrN2O3S. The number of nitrogens with zero attached hydrogens (tertiary/aromatic N) is 2. The molecule has 0 N–H and O–H groups in total. The van der Waals surface area contributed by atoms with E-state index in [-0.39, 0.29) is 10.8 Å². The molecule has 1 heterocycles. The molecule has 0 spiro atoms. The van der Waals surface area contributed by atoms with Crippen molar-refractivity contribution >= 4 is 37.5 Å². The maximum atomic E-state index is 13.5. The number of hydrogen-bond acceptors (Lipinski definition) is 3. The molecule has 0 unspecified atom stereocenters.